The fourth-order valence-electron chi connectivity index (χ4n) is 2.10. The van der Waals surface area contributed by atoms with Crippen molar-refractivity contribution in [3.8, 4) is 0 Å². The van der Waals surface area contributed by atoms with Crippen molar-refractivity contribution < 1.29 is 4.79 Å². The lowest BCUT2D eigenvalue weighted by molar-refractivity contribution is 0.0947. The summed E-state index contributed by atoms with van der Waals surface area (Å²) in [6.07, 6.45) is 6.61. The van der Waals surface area contributed by atoms with Crippen molar-refractivity contribution in [3.05, 3.63) is 24.0 Å². The topological polar surface area (TPSA) is 56.9 Å². The van der Waals surface area contributed by atoms with Crippen LogP contribution in [0.2, 0.25) is 0 Å². The fourth-order valence-corrected chi connectivity index (χ4v) is 2.10. The molecule has 1 aliphatic heterocycles. The Morgan fingerprint density at radius 2 is 2.44 bits per heavy atom. The molecular formula is C12H19N3O. The van der Waals surface area contributed by atoms with Crippen molar-refractivity contribution in [2.24, 2.45) is 0 Å². The van der Waals surface area contributed by atoms with Gasteiger partial charge in [0.2, 0.25) is 0 Å². The molecule has 1 aliphatic rings. The molecule has 2 rings (SSSR count). The van der Waals surface area contributed by atoms with Gasteiger partial charge in [0.1, 0.15) is 5.69 Å². The molecule has 2 heterocycles. The molecule has 0 spiro atoms. The van der Waals surface area contributed by atoms with Crippen LogP contribution in [0, 0.1) is 0 Å². The van der Waals surface area contributed by atoms with Crippen LogP contribution in [0.25, 0.3) is 0 Å². The minimum atomic E-state index is -0.0131. The van der Waals surface area contributed by atoms with Crippen LogP contribution in [0.5, 0.6) is 0 Å². The number of rotatable bonds is 4. The summed E-state index contributed by atoms with van der Waals surface area (Å²) in [6.45, 7) is 1.87. The molecule has 1 aromatic heterocycles. The number of hydrogen-bond donors (Lipinski definition) is 3. The molecule has 0 bridgehead atoms. The SMILES string of the molecule is O=C(NCCC1CCCCN1)c1ccc[nH]1. The number of carbonyl (C=O) groups excluding carboxylic acids is 1. The van der Waals surface area contributed by atoms with Gasteiger partial charge < -0.3 is 15.6 Å². The number of aromatic amines is 1. The molecule has 1 aromatic rings. The zero-order chi connectivity index (χ0) is 11.2. The Morgan fingerprint density at radius 1 is 1.50 bits per heavy atom. The van der Waals surface area contributed by atoms with E-state index >= 15 is 0 Å². The molecule has 0 aromatic carbocycles. The predicted octanol–water partition coefficient (Wildman–Crippen LogP) is 1.28. The van der Waals surface area contributed by atoms with E-state index in [0.717, 1.165) is 19.5 Å². The molecule has 4 heteroatoms. The van der Waals surface area contributed by atoms with Crippen LogP contribution < -0.4 is 10.6 Å². The maximum absolute atomic E-state index is 11.6. The standard InChI is InChI=1S/C12H19N3O/c16-12(11-5-3-8-14-11)15-9-6-10-4-1-2-7-13-10/h3,5,8,10,13-14H,1-2,4,6-7,9H2,(H,15,16). The first-order chi connectivity index (χ1) is 7.86. The van der Waals surface area contributed by atoms with E-state index in [1.54, 1.807) is 12.3 Å². The molecule has 0 radical (unpaired) electrons. The molecule has 3 N–H and O–H groups in total. The highest BCUT2D eigenvalue weighted by atomic mass is 16.1. The van der Waals surface area contributed by atoms with Crippen molar-refractivity contribution in [1.29, 1.82) is 0 Å². The van der Waals surface area contributed by atoms with Crippen LogP contribution >= 0.6 is 0 Å². The lowest BCUT2D eigenvalue weighted by Crippen LogP contribution is -2.37. The van der Waals surface area contributed by atoms with Gasteiger partial charge in [0.05, 0.1) is 0 Å². The average Bonchev–Trinajstić information content (AvgIpc) is 2.84. The second-order valence-electron chi connectivity index (χ2n) is 4.28. The summed E-state index contributed by atoms with van der Waals surface area (Å²) in [6, 6.07) is 4.20. The van der Waals surface area contributed by atoms with Gasteiger partial charge in [-0.2, -0.15) is 0 Å². The van der Waals surface area contributed by atoms with Gasteiger partial charge in [-0.3, -0.25) is 4.79 Å². The smallest absolute Gasteiger partial charge is 0.267 e. The first-order valence-electron chi connectivity index (χ1n) is 6.01. The van der Waals surface area contributed by atoms with Crippen LogP contribution in [0.1, 0.15) is 36.2 Å². The second kappa shape index (κ2) is 5.70. The summed E-state index contributed by atoms with van der Waals surface area (Å²) < 4.78 is 0. The van der Waals surface area contributed by atoms with Crippen LogP contribution in [-0.2, 0) is 0 Å². The molecular weight excluding hydrogens is 202 g/mol. The van der Waals surface area contributed by atoms with Crippen molar-refractivity contribution in [2.75, 3.05) is 13.1 Å². The van der Waals surface area contributed by atoms with Gasteiger partial charge in [0.15, 0.2) is 0 Å². The first kappa shape index (κ1) is 11.2. The molecule has 1 amide bonds. The maximum atomic E-state index is 11.6. The highest BCUT2D eigenvalue weighted by Gasteiger charge is 2.12. The Labute approximate surface area is 95.8 Å². The molecule has 1 atom stereocenters. The Morgan fingerprint density at radius 3 is 3.12 bits per heavy atom. The molecule has 1 fully saturated rings. The van der Waals surface area contributed by atoms with E-state index in [4.69, 9.17) is 0 Å². The number of carbonyl (C=O) groups is 1. The van der Waals surface area contributed by atoms with Gasteiger partial charge in [-0.1, -0.05) is 6.42 Å². The van der Waals surface area contributed by atoms with E-state index in [-0.39, 0.29) is 5.91 Å². The largest absolute Gasteiger partial charge is 0.357 e. The number of H-pyrrole nitrogens is 1. The third kappa shape index (κ3) is 3.10. The number of hydrogen-bond acceptors (Lipinski definition) is 2. The Balaban J connectivity index is 1.66. The number of piperidine rings is 1. The van der Waals surface area contributed by atoms with Gasteiger partial charge >= 0.3 is 0 Å². The van der Waals surface area contributed by atoms with Crippen LogP contribution in [0.15, 0.2) is 18.3 Å². The Kier molecular flexibility index (Phi) is 3.99. The third-order valence-electron chi connectivity index (χ3n) is 3.03. The molecule has 4 nitrogen and oxygen atoms in total. The van der Waals surface area contributed by atoms with Crippen molar-refractivity contribution in [1.82, 2.24) is 15.6 Å². The first-order valence-corrected chi connectivity index (χ1v) is 6.01. The zero-order valence-electron chi connectivity index (χ0n) is 9.46. The second-order valence-corrected chi connectivity index (χ2v) is 4.28. The number of amides is 1. The van der Waals surface area contributed by atoms with Crippen LogP contribution in [0.3, 0.4) is 0 Å². The number of nitrogens with one attached hydrogen (secondary N) is 3. The van der Waals surface area contributed by atoms with Gasteiger partial charge in [0, 0.05) is 18.8 Å². The van der Waals surface area contributed by atoms with E-state index in [1.165, 1.54) is 19.3 Å². The lowest BCUT2D eigenvalue weighted by atomic mass is 10.0. The van der Waals surface area contributed by atoms with Crippen molar-refractivity contribution in [2.45, 2.75) is 31.7 Å². The molecule has 16 heavy (non-hydrogen) atoms. The summed E-state index contributed by atoms with van der Waals surface area (Å²) in [5, 5.41) is 6.39. The summed E-state index contributed by atoms with van der Waals surface area (Å²) in [5.74, 6) is -0.0131. The lowest BCUT2D eigenvalue weighted by Gasteiger charge is -2.23. The quantitative estimate of drug-likeness (QED) is 0.717. The van der Waals surface area contributed by atoms with E-state index in [2.05, 4.69) is 15.6 Å². The van der Waals surface area contributed by atoms with Crippen LogP contribution in [-0.4, -0.2) is 30.0 Å². The monoisotopic (exact) mass is 221 g/mol. The molecule has 1 saturated heterocycles. The van der Waals surface area contributed by atoms with Gasteiger partial charge in [0.25, 0.3) is 5.91 Å². The summed E-state index contributed by atoms with van der Waals surface area (Å²) in [4.78, 5) is 14.5. The van der Waals surface area contributed by atoms with Gasteiger partial charge in [-0.05, 0) is 37.9 Å². The Hall–Kier alpha value is -1.29. The van der Waals surface area contributed by atoms with E-state index in [9.17, 15) is 4.79 Å². The van der Waals surface area contributed by atoms with Gasteiger partial charge in [-0.25, -0.2) is 0 Å². The summed E-state index contributed by atoms with van der Waals surface area (Å²) in [7, 11) is 0. The van der Waals surface area contributed by atoms with Crippen molar-refractivity contribution >= 4 is 5.91 Å². The summed E-state index contributed by atoms with van der Waals surface area (Å²) >= 11 is 0. The highest BCUT2D eigenvalue weighted by molar-refractivity contribution is 5.92. The normalized spacial score (nSPS) is 20.6. The summed E-state index contributed by atoms with van der Waals surface area (Å²) in [5.41, 5.74) is 0.636. The average molecular weight is 221 g/mol. The predicted molar refractivity (Wildman–Crippen MR) is 63.4 cm³/mol. The highest BCUT2D eigenvalue weighted by Crippen LogP contribution is 2.09. The minimum absolute atomic E-state index is 0.0131. The van der Waals surface area contributed by atoms with E-state index in [1.807, 2.05) is 6.07 Å². The Bertz CT molecular complexity index is 315. The maximum Gasteiger partial charge on any atom is 0.267 e. The zero-order valence-corrected chi connectivity index (χ0v) is 9.46. The van der Waals surface area contributed by atoms with Crippen molar-refractivity contribution in [3.63, 3.8) is 0 Å². The third-order valence-corrected chi connectivity index (χ3v) is 3.03. The molecule has 88 valence electrons. The van der Waals surface area contributed by atoms with E-state index < -0.39 is 0 Å². The van der Waals surface area contributed by atoms with Crippen LogP contribution in [0.4, 0.5) is 0 Å². The van der Waals surface area contributed by atoms with Gasteiger partial charge in [-0.15, -0.1) is 0 Å². The molecule has 0 saturated carbocycles. The minimum Gasteiger partial charge on any atom is -0.357 e. The van der Waals surface area contributed by atoms with E-state index in [0.29, 0.717) is 11.7 Å². The molecule has 0 aliphatic carbocycles. The molecule has 1 unspecified atom stereocenters. The fraction of sp³-hybridized carbons (Fsp3) is 0.583. The number of aromatic nitrogens is 1.